The van der Waals surface area contributed by atoms with Crippen molar-refractivity contribution in [3.63, 3.8) is 0 Å². The van der Waals surface area contributed by atoms with Crippen LogP contribution in [0.15, 0.2) is 54.6 Å². The van der Waals surface area contributed by atoms with Crippen LogP contribution in [0.4, 0.5) is 4.79 Å². The van der Waals surface area contributed by atoms with E-state index < -0.39 is 0 Å². The van der Waals surface area contributed by atoms with Crippen molar-refractivity contribution in [3.05, 3.63) is 54.6 Å². The van der Waals surface area contributed by atoms with Gasteiger partial charge in [-0.3, -0.25) is 9.80 Å². The van der Waals surface area contributed by atoms with Gasteiger partial charge in [0.2, 0.25) is 0 Å². The van der Waals surface area contributed by atoms with Crippen molar-refractivity contribution in [3.8, 4) is 17.2 Å². The van der Waals surface area contributed by atoms with E-state index in [2.05, 4.69) is 4.90 Å². The number of hydrogen-bond donors (Lipinski definition) is 0. The molecule has 7 heteroatoms. The summed E-state index contributed by atoms with van der Waals surface area (Å²) in [6, 6.07) is 17.5. The summed E-state index contributed by atoms with van der Waals surface area (Å²) in [6.07, 6.45) is 3.13. The van der Waals surface area contributed by atoms with Crippen LogP contribution in [0.1, 0.15) is 19.3 Å². The predicted octanol–water partition coefficient (Wildman–Crippen LogP) is 3.83. The fourth-order valence-corrected chi connectivity index (χ4v) is 4.83. The van der Waals surface area contributed by atoms with E-state index in [1.165, 1.54) is 0 Å². The molecule has 2 atom stereocenters. The molecule has 3 aliphatic rings. The number of carbonyl (C=O) groups is 1. The first-order valence-corrected chi connectivity index (χ1v) is 12.0. The molecule has 3 aliphatic heterocycles. The van der Waals surface area contributed by atoms with Crippen LogP contribution in [-0.2, 0) is 4.74 Å². The number of benzene rings is 2. The minimum absolute atomic E-state index is 0.0240. The van der Waals surface area contributed by atoms with Crippen LogP contribution < -0.4 is 14.2 Å². The number of rotatable bonds is 8. The minimum atomic E-state index is -0.219. The zero-order valence-electron chi connectivity index (χ0n) is 18.9. The van der Waals surface area contributed by atoms with Gasteiger partial charge in [0.15, 0.2) is 11.5 Å². The normalized spacial score (nSPS) is 23.4. The molecule has 0 aromatic heterocycles. The van der Waals surface area contributed by atoms with Crippen molar-refractivity contribution >= 4 is 6.09 Å². The van der Waals surface area contributed by atoms with Gasteiger partial charge in [-0.15, -0.1) is 0 Å². The number of para-hydroxylation sites is 3. The number of fused-ring (bicyclic) bond motifs is 1. The van der Waals surface area contributed by atoms with E-state index in [1.54, 1.807) is 0 Å². The average Bonchev–Trinajstić information content (AvgIpc) is 3.22. The maximum Gasteiger partial charge on any atom is 0.410 e. The van der Waals surface area contributed by atoms with E-state index in [1.807, 2.05) is 59.5 Å². The van der Waals surface area contributed by atoms with Gasteiger partial charge < -0.3 is 18.9 Å². The van der Waals surface area contributed by atoms with Crippen molar-refractivity contribution in [2.24, 2.45) is 5.92 Å². The first-order chi connectivity index (χ1) is 16.2. The molecule has 7 nitrogen and oxygen atoms in total. The van der Waals surface area contributed by atoms with Crippen molar-refractivity contribution in [1.82, 2.24) is 9.80 Å². The van der Waals surface area contributed by atoms with E-state index in [9.17, 15) is 4.79 Å². The van der Waals surface area contributed by atoms with Crippen LogP contribution in [-0.4, -0.2) is 74.0 Å². The highest BCUT2D eigenvalue weighted by Crippen LogP contribution is 2.31. The second-order valence-electron chi connectivity index (χ2n) is 9.08. The Labute approximate surface area is 195 Å². The third kappa shape index (κ3) is 5.53. The van der Waals surface area contributed by atoms with Crippen LogP contribution in [0.2, 0.25) is 0 Å². The predicted molar refractivity (Wildman–Crippen MR) is 124 cm³/mol. The third-order valence-electron chi connectivity index (χ3n) is 6.77. The van der Waals surface area contributed by atoms with Gasteiger partial charge in [0.05, 0.1) is 0 Å². The number of cyclic esters (lactones) is 1. The lowest BCUT2D eigenvalue weighted by Gasteiger charge is -2.36. The molecule has 2 saturated heterocycles. The zero-order chi connectivity index (χ0) is 22.5. The van der Waals surface area contributed by atoms with Crippen molar-refractivity contribution in [2.75, 3.05) is 46.0 Å². The summed E-state index contributed by atoms with van der Waals surface area (Å²) in [6.45, 7) is 5.17. The molecule has 2 aromatic rings. The number of nitrogens with zero attached hydrogens (tertiary/aromatic N) is 2. The number of carbonyl (C=O) groups excluding carboxylic acids is 1. The number of amides is 1. The topological polar surface area (TPSA) is 60.5 Å². The molecule has 5 rings (SSSR count). The maximum atomic E-state index is 12.2. The van der Waals surface area contributed by atoms with E-state index in [-0.39, 0.29) is 18.2 Å². The summed E-state index contributed by atoms with van der Waals surface area (Å²) >= 11 is 0. The Hall–Kier alpha value is -2.93. The number of ether oxygens (including phenoxy) is 4. The summed E-state index contributed by atoms with van der Waals surface area (Å²) in [5.74, 6) is 3.11. The largest absolute Gasteiger partial charge is 0.491 e. The minimum Gasteiger partial charge on any atom is -0.491 e. The van der Waals surface area contributed by atoms with Crippen LogP contribution in [0.5, 0.6) is 17.2 Å². The average molecular weight is 453 g/mol. The van der Waals surface area contributed by atoms with Gasteiger partial charge in [0, 0.05) is 13.1 Å². The summed E-state index contributed by atoms with van der Waals surface area (Å²) < 4.78 is 23.1. The van der Waals surface area contributed by atoms with Gasteiger partial charge >= 0.3 is 6.09 Å². The summed E-state index contributed by atoms with van der Waals surface area (Å²) in [4.78, 5) is 16.6. The van der Waals surface area contributed by atoms with E-state index in [0.717, 1.165) is 62.7 Å². The smallest absolute Gasteiger partial charge is 0.410 e. The molecule has 3 heterocycles. The Morgan fingerprint density at radius 1 is 0.909 bits per heavy atom. The second-order valence-corrected chi connectivity index (χ2v) is 9.08. The molecule has 2 fully saturated rings. The van der Waals surface area contributed by atoms with Crippen LogP contribution in [0, 0.1) is 5.92 Å². The van der Waals surface area contributed by atoms with Crippen LogP contribution in [0.3, 0.4) is 0 Å². The van der Waals surface area contributed by atoms with Crippen molar-refractivity contribution in [1.29, 1.82) is 0 Å². The Morgan fingerprint density at radius 2 is 1.67 bits per heavy atom. The molecule has 0 aliphatic carbocycles. The number of likely N-dealkylation sites (tertiary alicyclic amines) is 1. The fourth-order valence-electron chi connectivity index (χ4n) is 4.83. The molecular weight excluding hydrogens is 420 g/mol. The molecule has 0 radical (unpaired) electrons. The molecule has 0 N–H and O–H groups in total. The Kier molecular flexibility index (Phi) is 6.86. The van der Waals surface area contributed by atoms with Gasteiger partial charge in [-0.1, -0.05) is 30.3 Å². The highest BCUT2D eigenvalue weighted by Gasteiger charge is 2.34. The van der Waals surface area contributed by atoms with Crippen LogP contribution >= 0.6 is 0 Å². The number of hydrogen-bond acceptors (Lipinski definition) is 6. The molecule has 1 amide bonds. The molecule has 176 valence electrons. The van der Waals surface area contributed by atoms with Gasteiger partial charge in [0.1, 0.15) is 37.7 Å². The Balaban J connectivity index is 1.04. The summed E-state index contributed by atoms with van der Waals surface area (Å²) in [5.41, 5.74) is 0. The number of piperidine rings is 1. The fraction of sp³-hybridized carbons (Fsp3) is 0.500. The van der Waals surface area contributed by atoms with Gasteiger partial charge in [0.25, 0.3) is 0 Å². The lowest BCUT2D eigenvalue weighted by Crippen LogP contribution is -2.44. The van der Waals surface area contributed by atoms with Crippen LogP contribution in [0.25, 0.3) is 0 Å². The summed E-state index contributed by atoms with van der Waals surface area (Å²) in [7, 11) is 0. The highest BCUT2D eigenvalue weighted by atomic mass is 16.6. The van der Waals surface area contributed by atoms with Gasteiger partial charge in [-0.2, -0.15) is 0 Å². The molecular formula is C26H32N2O5. The second kappa shape index (κ2) is 10.3. The maximum absolute atomic E-state index is 12.2. The third-order valence-corrected chi connectivity index (χ3v) is 6.77. The van der Waals surface area contributed by atoms with E-state index in [4.69, 9.17) is 18.9 Å². The van der Waals surface area contributed by atoms with Crippen molar-refractivity contribution < 1.29 is 23.7 Å². The first kappa shape index (κ1) is 21.9. The zero-order valence-corrected chi connectivity index (χ0v) is 18.9. The SMILES string of the molecule is O=C1OC[C@@H](COc2ccccc2)N1CCC1CCN(C[C@H]2COc3ccccc3O2)CC1. The van der Waals surface area contributed by atoms with E-state index in [0.29, 0.717) is 25.7 Å². The standard InChI is InChI=1S/C26H32N2O5/c29-26-28(21(18-32-26)17-30-22-6-2-1-3-7-22)15-12-20-10-13-27(14-11-20)16-23-19-31-24-8-4-5-9-25(24)33-23/h1-9,20-21,23H,10-19H2/t21-,23+/m1/s1. The molecule has 33 heavy (non-hydrogen) atoms. The Bertz CT molecular complexity index is 916. The molecule has 0 bridgehead atoms. The summed E-state index contributed by atoms with van der Waals surface area (Å²) in [5, 5.41) is 0. The highest BCUT2D eigenvalue weighted by molar-refractivity contribution is 5.70. The van der Waals surface area contributed by atoms with Crippen molar-refractivity contribution in [2.45, 2.75) is 31.4 Å². The molecule has 0 spiro atoms. The molecule has 2 aromatic carbocycles. The monoisotopic (exact) mass is 452 g/mol. The lowest BCUT2D eigenvalue weighted by atomic mass is 9.93. The quantitative estimate of drug-likeness (QED) is 0.607. The lowest BCUT2D eigenvalue weighted by molar-refractivity contribution is 0.0464. The van der Waals surface area contributed by atoms with Gasteiger partial charge in [-0.05, 0) is 62.5 Å². The first-order valence-electron chi connectivity index (χ1n) is 12.0. The Morgan fingerprint density at radius 3 is 2.48 bits per heavy atom. The van der Waals surface area contributed by atoms with Gasteiger partial charge in [-0.25, -0.2) is 4.79 Å². The van der Waals surface area contributed by atoms with E-state index >= 15 is 0 Å². The molecule has 0 unspecified atom stereocenters. The molecule has 0 saturated carbocycles.